The Balaban J connectivity index is 3.04. The minimum atomic E-state index is -0.750. The summed E-state index contributed by atoms with van der Waals surface area (Å²) in [4.78, 5) is 0. The molecule has 0 aliphatic heterocycles. The van der Waals surface area contributed by atoms with Crippen molar-refractivity contribution in [2.45, 2.75) is 18.9 Å². The average molecular weight is 201 g/mol. The minimum absolute atomic E-state index is 0.125. The van der Waals surface area contributed by atoms with Gasteiger partial charge in [0.15, 0.2) is 0 Å². The molecule has 0 aliphatic carbocycles. The van der Waals surface area contributed by atoms with Crippen LogP contribution in [0.1, 0.15) is 18.4 Å². The van der Waals surface area contributed by atoms with Crippen LogP contribution in [0.4, 0.5) is 8.78 Å². The van der Waals surface area contributed by atoms with Gasteiger partial charge in [0.25, 0.3) is 0 Å². The first-order chi connectivity index (χ1) is 6.56. The van der Waals surface area contributed by atoms with Crippen molar-refractivity contribution in [3.63, 3.8) is 0 Å². The highest BCUT2D eigenvalue weighted by Crippen LogP contribution is 2.22. The molecule has 0 saturated carbocycles. The van der Waals surface area contributed by atoms with Crippen molar-refractivity contribution in [1.82, 2.24) is 0 Å². The number of benzene rings is 1. The summed E-state index contributed by atoms with van der Waals surface area (Å²) >= 11 is 0. The molecule has 0 bridgehead atoms. The third-order valence-corrected chi connectivity index (χ3v) is 2.20. The van der Waals surface area contributed by atoms with Crippen molar-refractivity contribution >= 4 is 0 Å². The summed E-state index contributed by atoms with van der Waals surface area (Å²) in [5, 5.41) is 9.32. The van der Waals surface area contributed by atoms with Crippen LogP contribution < -0.4 is 5.73 Å². The fraction of sp³-hybridized carbons (Fsp3) is 0.400. The Morgan fingerprint density at radius 3 is 2.50 bits per heavy atom. The number of aliphatic hydroxyl groups excluding tert-OH is 1. The van der Waals surface area contributed by atoms with Gasteiger partial charge in [-0.1, -0.05) is 6.07 Å². The maximum absolute atomic E-state index is 13.2. The fourth-order valence-corrected chi connectivity index (χ4v) is 1.39. The van der Waals surface area contributed by atoms with Crippen LogP contribution in [0.5, 0.6) is 0 Å². The van der Waals surface area contributed by atoms with Crippen molar-refractivity contribution in [3.05, 3.63) is 35.4 Å². The van der Waals surface area contributed by atoms with Crippen molar-refractivity contribution in [2.24, 2.45) is 5.73 Å². The molecule has 3 N–H and O–H groups in total. The second-order valence-corrected chi connectivity index (χ2v) is 3.25. The summed E-state index contributed by atoms with van der Waals surface area (Å²) in [6.07, 6.45) is -0.750. The molecule has 14 heavy (non-hydrogen) atoms. The van der Waals surface area contributed by atoms with Gasteiger partial charge in [0.2, 0.25) is 0 Å². The van der Waals surface area contributed by atoms with E-state index in [1.807, 2.05) is 0 Å². The summed E-state index contributed by atoms with van der Waals surface area (Å²) < 4.78 is 25.8. The monoisotopic (exact) mass is 201 g/mol. The Morgan fingerprint density at radius 1 is 1.43 bits per heavy atom. The first kappa shape index (κ1) is 11.1. The Kier molecular flexibility index (Phi) is 3.55. The molecule has 1 aromatic rings. The van der Waals surface area contributed by atoms with Crippen LogP contribution in [0.15, 0.2) is 18.2 Å². The number of rotatable bonds is 3. The number of hydrogen-bond acceptors (Lipinski definition) is 2. The van der Waals surface area contributed by atoms with E-state index < -0.39 is 23.7 Å². The van der Waals surface area contributed by atoms with Gasteiger partial charge in [0.1, 0.15) is 11.6 Å². The predicted molar refractivity (Wildman–Crippen MR) is 49.8 cm³/mol. The molecule has 0 heterocycles. The van der Waals surface area contributed by atoms with E-state index in [0.717, 1.165) is 12.1 Å². The Labute approximate surface area is 81.4 Å². The van der Waals surface area contributed by atoms with Gasteiger partial charge in [-0.05, 0) is 18.6 Å². The van der Waals surface area contributed by atoms with Gasteiger partial charge < -0.3 is 10.8 Å². The Morgan fingerprint density at radius 2 is 2.07 bits per heavy atom. The highest BCUT2D eigenvalue weighted by molar-refractivity contribution is 5.23. The highest BCUT2D eigenvalue weighted by Gasteiger charge is 2.19. The lowest BCUT2D eigenvalue weighted by Crippen LogP contribution is -2.24. The molecule has 0 aromatic heterocycles. The SMILES string of the molecule is CC(O)C(CN)c1ccc(F)cc1F. The molecule has 0 aliphatic rings. The topological polar surface area (TPSA) is 46.2 Å². The van der Waals surface area contributed by atoms with E-state index >= 15 is 0 Å². The smallest absolute Gasteiger partial charge is 0.129 e. The van der Waals surface area contributed by atoms with Gasteiger partial charge in [-0.15, -0.1) is 0 Å². The minimum Gasteiger partial charge on any atom is -0.393 e. The van der Waals surface area contributed by atoms with Gasteiger partial charge >= 0.3 is 0 Å². The number of halogens is 2. The molecule has 1 rings (SSSR count). The zero-order valence-electron chi connectivity index (χ0n) is 7.87. The van der Waals surface area contributed by atoms with Crippen LogP contribution in [0.2, 0.25) is 0 Å². The summed E-state index contributed by atoms with van der Waals surface area (Å²) in [7, 11) is 0. The van der Waals surface area contributed by atoms with Crippen LogP contribution >= 0.6 is 0 Å². The van der Waals surface area contributed by atoms with Crippen molar-refractivity contribution in [1.29, 1.82) is 0 Å². The summed E-state index contributed by atoms with van der Waals surface area (Å²) in [6, 6.07) is 3.26. The van der Waals surface area contributed by atoms with Gasteiger partial charge in [0.05, 0.1) is 6.10 Å². The normalized spacial score (nSPS) is 15.2. The summed E-state index contributed by atoms with van der Waals surface area (Å²) in [5.41, 5.74) is 5.65. The highest BCUT2D eigenvalue weighted by atomic mass is 19.1. The molecule has 0 saturated heterocycles. The molecular formula is C10H13F2NO. The van der Waals surface area contributed by atoms with E-state index in [1.165, 1.54) is 13.0 Å². The lowest BCUT2D eigenvalue weighted by atomic mass is 9.94. The van der Waals surface area contributed by atoms with Crippen molar-refractivity contribution < 1.29 is 13.9 Å². The van der Waals surface area contributed by atoms with E-state index in [0.29, 0.717) is 0 Å². The van der Waals surface area contributed by atoms with Crippen LogP contribution in [0.3, 0.4) is 0 Å². The molecule has 0 fully saturated rings. The van der Waals surface area contributed by atoms with Crippen molar-refractivity contribution in [3.8, 4) is 0 Å². The molecular weight excluding hydrogens is 188 g/mol. The standard InChI is InChI=1S/C10H13F2NO/c1-6(14)9(5-13)8-3-2-7(11)4-10(8)12/h2-4,6,9,14H,5,13H2,1H3. The number of hydrogen-bond donors (Lipinski definition) is 2. The molecule has 2 atom stereocenters. The number of aliphatic hydroxyl groups is 1. The van der Waals surface area contributed by atoms with Crippen LogP contribution in [0.25, 0.3) is 0 Å². The Bertz CT molecular complexity index is 315. The van der Waals surface area contributed by atoms with E-state index in [9.17, 15) is 13.9 Å². The summed E-state index contributed by atoms with van der Waals surface area (Å²) in [5.74, 6) is -1.79. The predicted octanol–water partition coefficient (Wildman–Crippen LogP) is 1.39. The zero-order valence-corrected chi connectivity index (χ0v) is 7.87. The first-order valence-electron chi connectivity index (χ1n) is 4.39. The van der Waals surface area contributed by atoms with Gasteiger partial charge in [-0.25, -0.2) is 8.78 Å². The lowest BCUT2D eigenvalue weighted by molar-refractivity contribution is 0.163. The second kappa shape index (κ2) is 4.48. The Hall–Kier alpha value is -1.00. The quantitative estimate of drug-likeness (QED) is 0.776. The van der Waals surface area contributed by atoms with E-state index in [4.69, 9.17) is 5.73 Å². The average Bonchev–Trinajstić information content (AvgIpc) is 2.09. The van der Waals surface area contributed by atoms with Crippen molar-refractivity contribution in [2.75, 3.05) is 6.54 Å². The third kappa shape index (κ3) is 2.27. The van der Waals surface area contributed by atoms with Gasteiger partial charge in [-0.3, -0.25) is 0 Å². The van der Waals surface area contributed by atoms with E-state index in [1.54, 1.807) is 0 Å². The van der Waals surface area contributed by atoms with E-state index in [2.05, 4.69) is 0 Å². The molecule has 0 spiro atoms. The lowest BCUT2D eigenvalue weighted by Gasteiger charge is -2.18. The molecule has 0 radical (unpaired) electrons. The fourth-order valence-electron chi connectivity index (χ4n) is 1.39. The first-order valence-corrected chi connectivity index (χ1v) is 4.39. The molecule has 2 nitrogen and oxygen atoms in total. The molecule has 2 unspecified atom stereocenters. The van der Waals surface area contributed by atoms with Crippen LogP contribution in [0, 0.1) is 11.6 Å². The molecule has 1 aromatic carbocycles. The number of nitrogens with two attached hydrogens (primary N) is 1. The zero-order chi connectivity index (χ0) is 10.7. The third-order valence-electron chi connectivity index (χ3n) is 2.20. The second-order valence-electron chi connectivity index (χ2n) is 3.25. The molecule has 0 amide bonds. The largest absolute Gasteiger partial charge is 0.393 e. The van der Waals surface area contributed by atoms with E-state index in [-0.39, 0.29) is 12.1 Å². The summed E-state index contributed by atoms with van der Waals surface area (Å²) in [6.45, 7) is 1.65. The van der Waals surface area contributed by atoms with Gasteiger partial charge in [0, 0.05) is 18.5 Å². The molecule has 4 heteroatoms. The maximum atomic E-state index is 13.2. The van der Waals surface area contributed by atoms with Crippen LogP contribution in [-0.2, 0) is 0 Å². The molecule has 78 valence electrons. The maximum Gasteiger partial charge on any atom is 0.129 e. The van der Waals surface area contributed by atoms with Gasteiger partial charge in [-0.2, -0.15) is 0 Å². The van der Waals surface area contributed by atoms with Crippen LogP contribution in [-0.4, -0.2) is 17.8 Å².